The van der Waals surface area contributed by atoms with E-state index in [9.17, 15) is 0 Å². The van der Waals surface area contributed by atoms with Crippen molar-refractivity contribution >= 4 is 35.8 Å². The Bertz CT molecular complexity index is 458. The fourth-order valence-corrected chi connectivity index (χ4v) is 0. The van der Waals surface area contributed by atoms with Gasteiger partial charge in [-0.2, -0.15) is 0 Å². The molecule has 0 spiro atoms. The molecular weight excluding hydrogens is 406 g/mol. The molecule has 24 heavy (non-hydrogen) atoms. The Morgan fingerprint density at radius 3 is 0.583 bits per heavy atom. The number of aliphatic carboxylic acids is 6. The molecule has 0 aliphatic heterocycles. The first kappa shape index (κ1) is 33.5. The van der Waals surface area contributed by atoms with E-state index in [0.717, 1.165) is 0 Å². The van der Waals surface area contributed by atoms with Gasteiger partial charge in [0.15, 0.2) is 0 Å². The molecule has 0 aliphatic rings. The number of rotatable bonds is 0. The zero-order valence-corrected chi connectivity index (χ0v) is 14.4. The number of hydrogen-bond donors (Lipinski definition) is 7. The second-order valence-corrected chi connectivity index (χ2v) is 3.46. The summed E-state index contributed by atoms with van der Waals surface area (Å²) in [7, 11) is 0. The fourth-order valence-electron chi connectivity index (χ4n) is 0. The van der Waals surface area contributed by atoms with Crippen molar-refractivity contribution in [2.75, 3.05) is 0 Å². The van der Waals surface area contributed by atoms with Gasteiger partial charge in [-0.25, -0.2) is 28.8 Å². The Morgan fingerprint density at radius 1 is 0.542 bits per heavy atom. The quantitative estimate of drug-likeness (QED) is 0.143. The van der Waals surface area contributed by atoms with Gasteiger partial charge < -0.3 is 30.6 Å². The van der Waals surface area contributed by atoms with E-state index in [4.69, 9.17) is 75.5 Å². The van der Waals surface area contributed by atoms with E-state index < -0.39 is 49.2 Å². The van der Waals surface area contributed by atoms with Gasteiger partial charge in [0.2, 0.25) is 0 Å². The maximum atomic E-state index is 9.10. The van der Waals surface area contributed by atoms with Gasteiger partial charge in [0.25, 0.3) is 0 Å². The molecule has 0 aromatic rings. The zero-order valence-electron chi connectivity index (χ0n) is 11.2. The van der Waals surface area contributed by atoms with Crippen LogP contribution in [0, 0.1) is 0 Å². The molecular formula is C6H7MnNaO16. The predicted molar refractivity (Wildman–Crippen MR) is 49.4 cm³/mol. The Morgan fingerprint density at radius 2 is 0.583 bits per heavy atom. The van der Waals surface area contributed by atoms with Crippen LogP contribution in [-0.4, -0.2) is 70.6 Å². The van der Waals surface area contributed by atoms with Gasteiger partial charge in [-0.05, 0) is 0 Å². The summed E-state index contributed by atoms with van der Waals surface area (Å²) in [5, 5.41) is 44.3. The number of carboxylic acid groups (broad SMARTS) is 6. The third-order valence-electron chi connectivity index (χ3n) is 0.549. The van der Waals surface area contributed by atoms with E-state index >= 15 is 0 Å². The van der Waals surface area contributed by atoms with Crippen molar-refractivity contribution in [3.63, 3.8) is 0 Å². The van der Waals surface area contributed by atoms with Crippen LogP contribution in [0.3, 0.4) is 0 Å². The Balaban J connectivity index is -0.0000000661. The molecule has 0 amide bonds. The normalized spacial score (nSPS) is 7.92. The molecule has 0 unspecified atom stereocenters. The van der Waals surface area contributed by atoms with Crippen LogP contribution in [0.4, 0.5) is 0 Å². The second-order valence-electron chi connectivity index (χ2n) is 2.23. The Labute approximate surface area is 154 Å². The Hall–Kier alpha value is -2.14. The van der Waals surface area contributed by atoms with Crippen LogP contribution in [0.2, 0.25) is 0 Å². The summed E-state index contributed by atoms with van der Waals surface area (Å²) in [4.78, 5) is 54.6. The average Bonchev–Trinajstić information content (AvgIpc) is 2.27. The minimum atomic E-state index is -5.38. The summed E-state index contributed by atoms with van der Waals surface area (Å²) in [6.45, 7) is 0. The summed E-state index contributed by atoms with van der Waals surface area (Å²) in [6.07, 6.45) is 0. The molecule has 0 atom stereocenters. The fraction of sp³-hybridized carbons (Fsp3) is 0. The third-order valence-corrected chi connectivity index (χ3v) is 0.549. The van der Waals surface area contributed by atoms with Gasteiger partial charge in [-0.1, -0.05) is 0 Å². The van der Waals surface area contributed by atoms with E-state index in [-0.39, 0.29) is 29.6 Å². The summed E-state index contributed by atoms with van der Waals surface area (Å²) < 4.78 is 33.1. The van der Waals surface area contributed by atoms with Crippen LogP contribution < -0.4 is 33.7 Å². The first-order valence-electron chi connectivity index (χ1n) is 3.95. The average molecular weight is 413 g/mol. The van der Waals surface area contributed by atoms with Crippen LogP contribution in [0.25, 0.3) is 0 Å². The van der Waals surface area contributed by atoms with Crippen LogP contribution in [0.5, 0.6) is 0 Å². The van der Waals surface area contributed by atoms with E-state index in [1.54, 1.807) is 0 Å². The van der Waals surface area contributed by atoms with Crippen LogP contribution in [0.15, 0.2) is 0 Å². The molecule has 0 saturated carbocycles. The topological polar surface area (TPSA) is 301 Å². The molecule has 7 N–H and O–H groups in total. The summed E-state index contributed by atoms with van der Waals surface area (Å²) in [5.74, 6) is -10.9. The molecule has 0 aliphatic carbocycles. The van der Waals surface area contributed by atoms with Crippen molar-refractivity contribution in [1.82, 2.24) is 0 Å². The summed E-state index contributed by atoms with van der Waals surface area (Å²) in [5.41, 5.74) is 0. The molecule has 18 heteroatoms. The minimum absolute atomic E-state index is 0. The van der Waals surface area contributed by atoms with Crippen LogP contribution in [-0.2, 0) is 49.8 Å². The van der Waals surface area contributed by atoms with Gasteiger partial charge in [0, 0.05) is 0 Å². The zero-order chi connectivity index (χ0) is 20.0. The predicted octanol–water partition coefficient (Wildman–Crippen LogP) is -7.52. The molecule has 0 radical (unpaired) electrons. The summed E-state index contributed by atoms with van der Waals surface area (Å²) >= 11 is -5.38. The maximum absolute atomic E-state index is 9.10. The molecule has 0 bridgehead atoms. The monoisotopic (exact) mass is 413 g/mol. The summed E-state index contributed by atoms with van der Waals surface area (Å²) in [6, 6.07) is 0. The third kappa shape index (κ3) is 72.7. The van der Waals surface area contributed by atoms with Crippen molar-refractivity contribution in [3.05, 3.63) is 0 Å². The first-order valence-corrected chi connectivity index (χ1v) is 5.92. The number of carboxylic acids is 6. The molecule has 0 rings (SSSR count). The molecule has 0 heterocycles. The first-order chi connectivity index (χ1) is 9.93. The van der Waals surface area contributed by atoms with Gasteiger partial charge in [-0.15, -0.1) is 0 Å². The molecule has 16 nitrogen and oxygen atoms in total. The van der Waals surface area contributed by atoms with Gasteiger partial charge in [-0.3, -0.25) is 0 Å². The van der Waals surface area contributed by atoms with Crippen molar-refractivity contribution in [2.24, 2.45) is 0 Å². The van der Waals surface area contributed by atoms with Crippen molar-refractivity contribution < 1.29 is 118 Å². The molecule has 135 valence electrons. The molecule has 0 saturated heterocycles. The van der Waals surface area contributed by atoms with Crippen LogP contribution in [0.1, 0.15) is 0 Å². The van der Waals surface area contributed by atoms with E-state index in [2.05, 4.69) is 0 Å². The van der Waals surface area contributed by atoms with Gasteiger partial charge >= 0.3 is 94.8 Å². The molecule has 0 aromatic carbocycles. The van der Waals surface area contributed by atoms with Gasteiger partial charge in [0.05, 0.1) is 0 Å². The van der Waals surface area contributed by atoms with Gasteiger partial charge in [0.1, 0.15) is 0 Å². The van der Waals surface area contributed by atoms with Crippen molar-refractivity contribution in [2.45, 2.75) is 0 Å². The van der Waals surface area contributed by atoms with Crippen molar-refractivity contribution in [1.29, 1.82) is 0 Å². The number of hydrogen-bond acceptors (Lipinski definition) is 9. The van der Waals surface area contributed by atoms with Crippen molar-refractivity contribution in [3.8, 4) is 0 Å². The van der Waals surface area contributed by atoms with E-state index in [0.29, 0.717) is 0 Å². The van der Waals surface area contributed by atoms with E-state index in [1.807, 2.05) is 0 Å². The molecule has 0 fully saturated rings. The molecule has 0 aromatic heterocycles. The van der Waals surface area contributed by atoms with E-state index in [1.165, 1.54) is 0 Å². The Kier molecular flexibility index (Phi) is 24.0. The standard InChI is InChI=1S/3C2H2O4.Mn.Na.H2O.3O/c3*3-1(4)2(5)6;;;;;;/h3*(H,3,4)(H,5,6);;;1H2;;;/q;;;2*+1;;;;-1/p-1. The van der Waals surface area contributed by atoms with Crippen LogP contribution >= 0.6 is 0 Å². The SMILES string of the molecule is O=C(O)C(=O)O.O=C(O)C(=O)O.O=C(O)C(=O)O.[Na+].[O]=[Mn](=[O])([O-])[OH]. The number of carbonyl (C=O) groups is 6. The second kappa shape index (κ2) is 17.2.